The molecular formula is C15H16N2O2. The summed E-state index contributed by atoms with van der Waals surface area (Å²) in [5.41, 5.74) is 1.53. The number of fused-ring (bicyclic) bond motifs is 3. The van der Waals surface area contributed by atoms with Gasteiger partial charge in [-0.2, -0.15) is 0 Å². The molecule has 4 rings (SSSR count). The van der Waals surface area contributed by atoms with E-state index in [1.165, 1.54) is 6.42 Å². The highest BCUT2D eigenvalue weighted by molar-refractivity contribution is 5.97. The number of hydrogen-bond acceptors (Lipinski definition) is 3. The minimum absolute atomic E-state index is 0.0284. The Kier molecular flexibility index (Phi) is 2.38. The molecule has 4 nitrogen and oxygen atoms in total. The SMILES string of the molecule is O=C(N[C@H]1C[C@@H]2C[C@@H]1CN2)c1ccc2occc2c1. The van der Waals surface area contributed by atoms with Crippen LogP contribution in [0.15, 0.2) is 34.9 Å². The van der Waals surface area contributed by atoms with Crippen molar-refractivity contribution >= 4 is 16.9 Å². The molecule has 1 aliphatic carbocycles. The number of carbonyl (C=O) groups is 1. The molecule has 1 saturated heterocycles. The summed E-state index contributed by atoms with van der Waals surface area (Å²) in [6.07, 6.45) is 3.91. The summed E-state index contributed by atoms with van der Waals surface area (Å²) in [5.74, 6) is 0.632. The predicted molar refractivity (Wildman–Crippen MR) is 72.0 cm³/mol. The zero-order valence-electron chi connectivity index (χ0n) is 10.6. The van der Waals surface area contributed by atoms with Crippen LogP contribution in [0.4, 0.5) is 0 Å². The first-order valence-electron chi connectivity index (χ1n) is 6.81. The van der Waals surface area contributed by atoms with Gasteiger partial charge in [-0.25, -0.2) is 0 Å². The highest BCUT2D eigenvalue weighted by Gasteiger charge is 2.40. The van der Waals surface area contributed by atoms with Crippen LogP contribution in [0.3, 0.4) is 0 Å². The highest BCUT2D eigenvalue weighted by Crippen LogP contribution is 2.31. The molecular weight excluding hydrogens is 240 g/mol. The Morgan fingerprint density at radius 1 is 1.32 bits per heavy atom. The Hall–Kier alpha value is -1.81. The largest absolute Gasteiger partial charge is 0.464 e. The van der Waals surface area contributed by atoms with Crippen LogP contribution >= 0.6 is 0 Å². The lowest BCUT2D eigenvalue weighted by Crippen LogP contribution is -2.44. The minimum Gasteiger partial charge on any atom is -0.464 e. The quantitative estimate of drug-likeness (QED) is 0.863. The van der Waals surface area contributed by atoms with E-state index in [2.05, 4.69) is 10.6 Å². The molecule has 1 aliphatic heterocycles. The van der Waals surface area contributed by atoms with Gasteiger partial charge in [0.15, 0.2) is 0 Å². The molecule has 2 N–H and O–H groups in total. The average Bonchev–Trinajstić information content (AvgIpc) is 3.13. The van der Waals surface area contributed by atoms with Gasteiger partial charge in [0.05, 0.1) is 6.26 Å². The molecule has 2 aliphatic rings. The van der Waals surface area contributed by atoms with Crippen molar-refractivity contribution in [3.63, 3.8) is 0 Å². The van der Waals surface area contributed by atoms with E-state index in [0.717, 1.165) is 23.9 Å². The number of piperidine rings is 1. The number of benzene rings is 1. The zero-order valence-corrected chi connectivity index (χ0v) is 10.6. The molecule has 2 bridgehead atoms. The maximum atomic E-state index is 12.3. The molecule has 0 radical (unpaired) electrons. The van der Waals surface area contributed by atoms with E-state index in [0.29, 0.717) is 23.6 Å². The highest BCUT2D eigenvalue weighted by atomic mass is 16.3. The second kappa shape index (κ2) is 4.10. The fourth-order valence-corrected chi connectivity index (χ4v) is 3.37. The van der Waals surface area contributed by atoms with Crippen molar-refractivity contribution in [2.24, 2.45) is 5.92 Å². The molecule has 0 unspecified atom stereocenters. The summed E-state index contributed by atoms with van der Waals surface area (Å²) >= 11 is 0. The maximum absolute atomic E-state index is 12.3. The smallest absolute Gasteiger partial charge is 0.251 e. The summed E-state index contributed by atoms with van der Waals surface area (Å²) in [4.78, 5) is 12.3. The molecule has 98 valence electrons. The lowest BCUT2D eigenvalue weighted by molar-refractivity contribution is 0.0925. The van der Waals surface area contributed by atoms with Crippen LogP contribution in [-0.4, -0.2) is 24.5 Å². The molecule has 19 heavy (non-hydrogen) atoms. The molecule has 2 heterocycles. The Morgan fingerprint density at radius 2 is 2.26 bits per heavy atom. The predicted octanol–water partition coefficient (Wildman–Crippen LogP) is 1.91. The van der Waals surface area contributed by atoms with Crippen molar-refractivity contribution < 1.29 is 9.21 Å². The second-order valence-electron chi connectivity index (χ2n) is 5.59. The van der Waals surface area contributed by atoms with Crippen molar-refractivity contribution in [1.82, 2.24) is 10.6 Å². The Labute approximate surface area is 111 Å². The van der Waals surface area contributed by atoms with Gasteiger partial charge < -0.3 is 15.1 Å². The zero-order chi connectivity index (χ0) is 12.8. The van der Waals surface area contributed by atoms with Crippen LogP contribution in [0.1, 0.15) is 23.2 Å². The molecule has 3 atom stereocenters. The summed E-state index contributed by atoms with van der Waals surface area (Å²) in [6.45, 7) is 1.04. The number of nitrogens with one attached hydrogen (secondary N) is 2. The number of furan rings is 1. The van der Waals surface area contributed by atoms with Gasteiger partial charge in [-0.3, -0.25) is 4.79 Å². The topological polar surface area (TPSA) is 54.3 Å². The molecule has 1 saturated carbocycles. The van der Waals surface area contributed by atoms with E-state index < -0.39 is 0 Å². The van der Waals surface area contributed by atoms with Crippen molar-refractivity contribution in [2.45, 2.75) is 24.9 Å². The van der Waals surface area contributed by atoms with Crippen molar-refractivity contribution in [3.8, 4) is 0 Å². The van der Waals surface area contributed by atoms with Crippen LogP contribution in [0.25, 0.3) is 11.0 Å². The van der Waals surface area contributed by atoms with E-state index in [-0.39, 0.29) is 5.91 Å². The van der Waals surface area contributed by atoms with Gasteiger partial charge in [-0.05, 0) is 43.0 Å². The normalized spacial score (nSPS) is 28.9. The van der Waals surface area contributed by atoms with E-state index in [1.807, 2.05) is 24.3 Å². The van der Waals surface area contributed by atoms with Gasteiger partial charge in [0.2, 0.25) is 0 Å². The van der Waals surface area contributed by atoms with Gasteiger partial charge in [-0.1, -0.05) is 0 Å². The third-order valence-corrected chi connectivity index (χ3v) is 4.39. The van der Waals surface area contributed by atoms with Gasteiger partial charge in [0.25, 0.3) is 5.91 Å². The fourth-order valence-electron chi connectivity index (χ4n) is 3.37. The van der Waals surface area contributed by atoms with Crippen LogP contribution in [0.2, 0.25) is 0 Å². The summed E-state index contributed by atoms with van der Waals surface area (Å²) < 4.78 is 5.29. The monoisotopic (exact) mass is 256 g/mol. The first kappa shape index (κ1) is 11.1. The summed E-state index contributed by atoms with van der Waals surface area (Å²) in [6, 6.07) is 8.39. The van der Waals surface area contributed by atoms with Crippen LogP contribution in [0, 0.1) is 5.92 Å². The van der Waals surface area contributed by atoms with Gasteiger partial charge in [-0.15, -0.1) is 0 Å². The molecule has 2 fully saturated rings. The average molecular weight is 256 g/mol. The number of hydrogen-bond donors (Lipinski definition) is 2. The second-order valence-corrected chi connectivity index (χ2v) is 5.59. The van der Waals surface area contributed by atoms with E-state index >= 15 is 0 Å². The molecule has 0 spiro atoms. The van der Waals surface area contributed by atoms with Gasteiger partial charge in [0, 0.05) is 29.6 Å². The Bertz CT molecular complexity index is 634. The van der Waals surface area contributed by atoms with Gasteiger partial charge in [0.1, 0.15) is 5.58 Å². The number of amides is 1. The standard InChI is InChI=1S/C15H16N2O2/c18-15(17-13-7-12-6-11(13)8-16-12)10-1-2-14-9(5-10)3-4-19-14/h1-5,11-13,16H,6-8H2,(H,17,18)/t11-,12+,13+/m1/s1. The molecule has 1 amide bonds. The fraction of sp³-hybridized carbons (Fsp3) is 0.400. The lowest BCUT2D eigenvalue weighted by Gasteiger charge is -2.23. The van der Waals surface area contributed by atoms with Crippen molar-refractivity contribution in [3.05, 3.63) is 36.1 Å². The third-order valence-electron chi connectivity index (χ3n) is 4.39. The summed E-state index contributed by atoms with van der Waals surface area (Å²) in [7, 11) is 0. The van der Waals surface area contributed by atoms with E-state index in [4.69, 9.17) is 4.42 Å². The maximum Gasteiger partial charge on any atom is 0.251 e. The number of rotatable bonds is 2. The minimum atomic E-state index is 0.0284. The van der Waals surface area contributed by atoms with Crippen molar-refractivity contribution in [2.75, 3.05) is 6.54 Å². The van der Waals surface area contributed by atoms with Crippen molar-refractivity contribution in [1.29, 1.82) is 0 Å². The third kappa shape index (κ3) is 1.83. The molecule has 2 aromatic rings. The number of carbonyl (C=O) groups excluding carboxylic acids is 1. The van der Waals surface area contributed by atoms with E-state index in [9.17, 15) is 4.79 Å². The first-order chi connectivity index (χ1) is 9.29. The van der Waals surface area contributed by atoms with Gasteiger partial charge >= 0.3 is 0 Å². The molecule has 1 aromatic heterocycles. The molecule has 4 heteroatoms. The van der Waals surface area contributed by atoms with Crippen LogP contribution in [0.5, 0.6) is 0 Å². The molecule has 1 aromatic carbocycles. The van der Waals surface area contributed by atoms with Crippen LogP contribution in [-0.2, 0) is 0 Å². The Morgan fingerprint density at radius 3 is 3.05 bits per heavy atom. The summed E-state index contributed by atoms with van der Waals surface area (Å²) in [5, 5.41) is 7.60. The van der Waals surface area contributed by atoms with E-state index in [1.54, 1.807) is 6.26 Å². The lowest BCUT2D eigenvalue weighted by atomic mass is 10.0. The Balaban J connectivity index is 1.53. The van der Waals surface area contributed by atoms with Crippen LogP contribution < -0.4 is 10.6 Å². The first-order valence-corrected chi connectivity index (χ1v) is 6.81.